The largest absolute Gasteiger partial charge is 0.500 e. The van der Waals surface area contributed by atoms with Crippen LogP contribution in [0.5, 0.6) is 0 Å². The summed E-state index contributed by atoms with van der Waals surface area (Å²) in [6.07, 6.45) is 0.643. The van der Waals surface area contributed by atoms with E-state index < -0.39 is 8.80 Å². The first-order chi connectivity index (χ1) is 14.3. The van der Waals surface area contributed by atoms with Gasteiger partial charge in [-0.15, -0.1) is 0 Å². The highest BCUT2D eigenvalue weighted by Gasteiger charge is 2.40. The smallest absolute Gasteiger partial charge is 0.468 e. The van der Waals surface area contributed by atoms with Gasteiger partial charge in [0, 0.05) is 32.4 Å². The van der Waals surface area contributed by atoms with Gasteiger partial charge in [-0.3, -0.25) is 9.59 Å². The van der Waals surface area contributed by atoms with E-state index in [4.69, 9.17) is 37.7 Å². The summed E-state index contributed by atoms with van der Waals surface area (Å²) < 4.78 is 27.8. The first kappa shape index (κ1) is 29.7. The number of esters is 2. The van der Waals surface area contributed by atoms with Crippen LogP contribution in [0.1, 0.15) is 27.2 Å². The van der Waals surface area contributed by atoms with Gasteiger partial charge >= 0.3 is 20.7 Å². The van der Waals surface area contributed by atoms with Crippen LogP contribution in [0.2, 0.25) is 6.04 Å². The van der Waals surface area contributed by atoms with Crippen molar-refractivity contribution in [3.8, 4) is 0 Å². The predicted octanol–water partition coefficient (Wildman–Crippen LogP) is 3.11. The van der Waals surface area contributed by atoms with Gasteiger partial charge in [-0.1, -0.05) is 48.0 Å². The molecule has 0 saturated heterocycles. The molecule has 0 heterocycles. The lowest BCUT2D eigenvalue weighted by atomic mass is 10.4. The molecule has 0 aromatic rings. The molecule has 0 atom stereocenters. The fraction of sp³-hybridized carbons (Fsp3) is 0.765. The van der Waals surface area contributed by atoms with E-state index in [1.807, 2.05) is 20.8 Å². The van der Waals surface area contributed by atoms with Gasteiger partial charge < -0.3 is 27.7 Å². The number of hydrogen-bond acceptors (Lipinski definition) is 11. The van der Waals surface area contributed by atoms with Crippen molar-refractivity contribution in [3.05, 3.63) is 0 Å². The number of nitrogens with zero attached hydrogens (tertiary/aromatic N) is 1. The van der Waals surface area contributed by atoms with Crippen LogP contribution in [0.25, 0.3) is 0 Å². The second-order valence-electron chi connectivity index (χ2n) is 5.50. The van der Waals surface area contributed by atoms with Crippen molar-refractivity contribution in [2.45, 2.75) is 33.2 Å². The molecular formula is C17H31NO7S4Si. The van der Waals surface area contributed by atoms with E-state index in [0.717, 1.165) is 23.5 Å². The molecule has 8 nitrogen and oxygen atoms in total. The van der Waals surface area contributed by atoms with E-state index in [9.17, 15) is 9.59 Å². The zero-order valence-corrected chi connectivity index (χ0v) is 22.4. The molecule has 13 heteroatoms. The van der Waals surface area contributed by atoms with Crippen molar-refractivity contribution < 1.29 is 32.3 Å². The van der Waals surface area contributed by atoms with Crippen LogP contribution in [0, 0.1) is 0 Å². The second-order valence-corrected chi connectivity index (χ2v) is 11.4. The maximum atomic E-state index is 11.5. The van der Waals surface area contributed by atoms with Crippen LogP contribution in [0.4, 0.5) is 0 Å². The molecule has 0 aliphatic rings. The van der Waals surface area contributed by atoms with Crippen molar-refractivity contribution >= 4 is 77.3 Å². The molecule has 0 rings (SSSR count). The number of thiocarbonyl (C=S) groups is 2. The van der Waals surface area contributed by atoms with E-state index in [2.05, 4.69) is 9.47 Å². The Morgan fingerprint density at radius 2 is 1.23 bits per heavy atom. The predicted molar refractivity (Wildman–Crippen MR) is 131 cm³/mol. The van der Waals surface area contributed by atoms with Crippen LogP contribution in [0.15, 0.2) is 0 Å². The van der Waals surface area contributed by atoms with Gasteiger partial charge in [-0.05, 0) is 27.2 Å². The maximum Gasteiger partial charge on any atom is 0.500 e. The number of carbonyl (C=O) groups excluding carboxylic acids is 2. The summed E-state index contributed by atoms with van der Waals surface area (Å²) in [7, 11) is -0.152. The van der Waals surface area contributed by atoms with E-state index in [1.54, 1.807) is 4.90 Å². The number of carbonyl (C=O) groups is 2. The van der Waals surface area contributed by atoms with Gasteiger partial charge in [0.25, 0.3) is 0 Å². The quantitative estimate of drug-likeness (QED) is 0.193. The van der Waals surface area contributed by atoms with E-state index >= 15 is 0 Å². The molecule has 0 unspecified atom stereocenters. The van der Waals surface area contributed by atoms with E-state index in [0.29, 0.717) is 47.5 Å². The SMILES string of the molecule is CCO[Si](CCCN(C(=S)SCC(=O)OC)C(=S)SCC(=O)OC)(OCC)OCC. The van der Waals surface area contributed by atoms with Crippen LogP contribution in [-0.2, 0) is 32.3 Å². The molecule has 0 fully saturated rings. The lowest BCUT2D eigenvalue weighted by Crippen LogP contribution is -2.46. The number of thioether (sulfide) groups is 2. The normalized spacial score (nSPS) is 11.1. The fourth-order valence-corrected chi connectivity index (χ4v) is 7.17. The molecule has 0 aliphatic heterocycles. The first-order valence-electron chi connectivity index (χ1n) is 9.45. The molecule has 0 saturated carbocycles. The Balaban J connectivity index is 5.15. The Morgan fingerprint density at radius 3 is 1.57 bits per heavy atom. The Bertz CT molecular complexity index is 519. The summed E-state index contributed by atoms with van der Waals surface area (Å²) in [4.78, 5) is 24.6. The number of hydrogen-bond donors (Lipinski definition) is 0. The third-order valence-corrected chi connectivity index (χ3v) is 9.47. The van der Waals surface area contributed by atoms with Gasteiger partial charge in [-0.2, -0.15) is 0 Å². The lowest BCUT2D eigenvalue weighted by Gasteiger charge is -2.30. The van der Waals surface area contributed by atoms with Crippen LogP contribution < -0.4 is 0 Å². The Hall–Kier alpha value is -0.283. The fourth-order valence-electron chi connectivity index (χ4n) is 2.23. The average molecular weight is 518 g/mol. The topological polar surface area (TPSA) is 83.5 Å². The Morgan fingerprint density at radius 1 is 0.833 bits per heavy atom. The highest BCUT2D eigenvalue weighted by molar-refractivity contribution is 8.25. The number of rotatable bonds is 14. The highest BCUT2D eigenvalue weighted by Crippen LogP contribution is 2.22. The molecule has 0 bridgehead atoms. The summed E-state index contributed by atoms with van der Waals surface area (Å²) in [6.45, 7) is 7.68. The van der Waals surface area contributed by atoms with E-state index in [1.165, 1.54) is 14.2 Å². The molecule has 30 heavy (non-hydrogen) atoms. The second kappa shape index (κ2) is 17.3. The zero-order valence-electron chi connectivity index (χ0n) is 18.1. The van der Waals surface area contributed by atoms with Crippen molar-refractivity contribution in [3.63, 3.8) is 0 Å². The molecule has 0 radical (unpaired) electrons. The van der Waals surface area contributed by atoms with Gasteiger partial charge in [0.05, 0.1) is 25.7 Å². The molecule has 0 aromatic carbocycles. The number of ether oxygens (including phenoxy) is 2. The van der Waals surface area contributed by atoms with Crippen LogP contribution in [-0.4, -0.2) is 86.4 Å². The number of methoxy groups -OCH3 is 2. The zero-order chi connectivity index (χ0) is 23.0. The summed E-state index contributed by atoms with van der Waals surface area (Å²) in [6, 6.07) is 0.591. The molecule has 0 N–H and O–H groups in total. The molecule has 0 amide bonds. The van der Waals surface area contributed by atoms with Gasteiger partial charge in [0.15, 0.2) is 0 Å². The highest BCUT2D eigenvalue weighted by atomic mass is 32.2. The standard InChI is InChI=1S/C17H31NO7S4Si/c1-6-23-30(24-7-2,25-8-3)11-9-10-18(16(26)28-12-14(19)21-4)17(27)29-13-15(20)22-5/h6-13H2,1-5H3. The van der Waals surface area contributed by atoms with Gasteiger partial charge in [0.1, 0.15) is 8.64 Å². The minimum Gasteiger partial charge on any atom is -0.468 e. The minimum absolute atomic E-state index is 0.0750. The van der Waals surface area contributed by atoms with Gasteiger partial charge in [-0.25, -0.2) is 0 Å². The van der Waals surface area contributed by atoms with Crippen molar-refractivity contribution in [1.82, 2.24) is 4.90 Å². The minimum atomic E-state index is -2.79. The summed E-state index contributed by atoms with van der Waals surface area (Å²) in [5.41, 5.74) is 0. The average Bonchev–Trinajstić information content (AvgIpc) is 2.73. The Labute approximate surface area is 199 Å². The van der Waals surface area contributed by atoms with Crippen molar-refractivity contribution in [2.75, 3.05) is 52.1 Å². The third-order valence-electron chi connectivity index (χ3n) is 3.48. The van der Waals surface area contributed by atoms with Gasteiger partial charge in [0.2, 0.25) is 0 Å². The molecule has 174 valence electrons. The summed E-state index contributed by atoms with van der Waals surface area (Å²) in [5, 5.41) is 0. The van der Waals surface area contributed by atoms with Crippen LogP contribution >= 0.6 is 48.0 Å². The lowest BCUT2D eigenvalue weighted by molar-refractivity contribution is -0.138. The Kier molecular flexibility index (Phi) is 17.1. The third kappa shape index (κ3) is 11.9. The van der Waals surface area contributed by atoms with Crippen molar-refractivity contribution in [2.24, 2.45) is 0 Å². The summed E-state index contributed by atoms with van der Waals surface area (Å²) in [5.74, 6) is -0.617. The summed E-state index contributed by atoms with van der Waals surface area (Å²) >= 11 is 13.3. The maximum absolute atomic E-state index is 11.5. The van der Waals surface area contributed by atoms with E-state index in [-0.39, 0.29) is 23.4 Å². The molecule has 0 spiro atoms. The molecule has 0 aromatic heterocycles. The monoisotopic (exact) mass is 517 g/mol. The van der Waals surface area contributed by atoms with Crippen LogP contribution in [0.3, 0.4) is 0 Å². The first-order valence-corrected chi connectivity index (χ1v) is 14.2. The van der Waals surface area contributed by atoms with Crippen molar-refractivity contribution in [1.29, 1.82) is 0 Å². The molecular weight excluding hydrogens is 487 g/mol. The molecule has 0 aliphatic carbocycles.